The summed E-state index contributed by atoms with van der Waals surface area (Å²) in [6, 6.07) is 0.339. The highest BCUT2D eigenvalue weighted by atomic mass is 16.4. The molecular formula is C16H27NO3. The first-order valence-corrected chi connectivity index (χ1v) is 8.07. The average molecular weight is 281 g/mol. The number of aliphatic carboxylic acids is 1. The highest BCUT2D eigenvalue weighted by Crippen LogP contribution is 2.38. The van der Waals surface area contributed by atoms with Crippen molar-refractivity contribution in [1.29, 1.82) is 0 Å². The first-order chi connectivity index (χ1) is 9.54. The van der Waals surface area contributed by atoms with Crippen LogP contribution in [0.4, 0.5) is 0 Å². The predicted molar refractivity (Wildman–Crippen MR) is 77.3 cm³/mol. The van der Waals surface area contributed by atoms with Crippen molar-refractivity contribution >= 4 is 11.9 Å². The Hall–Kier alpha value is -1.06. The van der Waals surface area contributed by atoms with Crippen molar-refractivity contribution in [1.82, 2.24) is 4.90 Å². The summed E-state index contributed by atoms with van der Waals surface area (Å²) in [5.41, 5.74) is 0. The second kappa shape index (κ2) is 6.59. The van der Waals surface area contributed by atoms with Gasteiger partial charge in [-0.1, -0.05) is 20.3 Å². The molecule has 2 rings (SSSR count). The molecule has 2 fully saturated rings. The van der Waals surface area contributed by atoms with Gasteiger partial charge >= 0.3 is 5.97 Å². The molecule has 2 aliphatic rings. The minimum Gasteiger partial charge on any atom is -0.481 e. The van der Waals surface area contributed by atoms with Gasteiger partial charge in [0.1, 0.15) is 0 Å². The second-order valence-corrected chi connectivity index (χ2v) is 6.60. The SMILES string of the molecule is CCCC1CCCCN1C(=O)C1CC(C)CC1C(=O)O. The van der Waals surface area contributed by atoms with Crippen LogP contribution in [-0.2, 0) is 9.59 Å². The van der Waals surface area contributed by atoms with E-state index < -0.39 is 11.9 Å². The fourth-order valence-corrected chi connectivity index (χ4v) is 3.97. The molecule has 1 amide bonds. The topological polar surface area (TPSA) is 57.6 Å². The molecule has 1 N–H and O–H groups in total. The molecule has 4 unspecified atom stereocenters. The quantitative estimate of drug-likeness (QED) is 0.862. The zero-order valence-electron chi connectivity index (χ0n) is 12.7. The summed E-state index contributed by atoms with van der Waals surface area (Å²) in [7, 11) is 0. The summed E-state index contributed by atoms with van der Waals surface area (Å²) in [5.74, 6) is -1.10. The van der Waals surface area contributed by atoms with Gasteiger partial charge in [-0.2, -0.15) is 0 Å². The van der Waals surface area contributed by atoms with Crippen molar-refractivity contribution < 1.29 is 14.7 Å². The van der Waals surface area contributed by atoms with Gasteiger partial charge in [-0.15, -0.1) is 0 Å². The van der Waals surface area contributed by atoms with Crippen molar-refractivity contribution in [2.24, 2.45) is 17.8 Å². The Bertz CT molecular complexity index is 367. The number of nitrogens with zero attached hydrogens (tertiary/aromatic N) is 1. The van der Waals surface area contributed by atoms with E-state index in [1.165, 1.54) is 6.42 Å². The highest BCUT2D eigenvalue weighted by Gasteiger charge is 2.44. The van der Waals surface area contributed by atoms with Gasteiger partial charge in [0.25, 0.3) is 0 Å². The summed E-state index contributed by atoms with van der Waals surface area (Å²) in [6.07, 6.45) is 6.86. The summed E-state index contributed by atoms with van der Waals surface area (Å²) >= 11 is 0. The van der Waals surface area contributed by atoms with Gasteiger partial charge < -0.3 is 10.0 Å². The molecule has 1 saturated carbocycles. The number of amides is 1. The number of carbonyl (C=O) groups is 2. The largest absolute Gasteiger partial charge is 0.481 e. The van der Waals surface area contributed by atoms with E-state index in [0.29, 0.717) is 18.4 Å². The van der Waals surface area contributed by atoms with E-state index in [0.717, 1.165) is 38.6 Å². The molecule has 20 heavy (non-hydrogen) atoms. The number of carboxylic acids is 1. The number of piperidine rings is 1. The lowest BCUT2D eigenvalue weighted by atomic mass is 9.91. The smallest absolute Gasteiger partial charge is 0.307 e. The summed E-state index contributed by atoms with van der Waals surface area (Å²) < 4.78 is 0. The van der Waals surface area contributed by atoms with Gasteiger partial charge in [0.15, 0.2) is 0 Å². The Kier molecular flexibility index (Phi) is 5.06. The van der Waals surface area contributed by atoms with Gasteiger partial charge in [-0.05, 0) is 44.4 Å². The van der Waals surface area contributed by atoms with Crippen LogP contribution in [-0.4, -0.2) is 34.5 Å². The highest BCUT2D eigenvalue weighted by molar-refractivity contribution is 5.85. The lowest BCUT2D eigenvalue weighted by Crippen LogP contribution is -2.47. The van der Waals surface area contributed by atoms with Crippen LogP contribution < -0.4 is 0 Å². The number of hydrogen-bond acceptors (Lipinski definition) is 2. The summed E-state index contributed by atoms with van der Waals surface area (Å²) in [5, 5.41) is 9.35. The Balaban J connectivity index is 2.09. The van der Waals surface area contributed by atoms with E-state index in [1.54, 1.807) is 0 Å². The fraction of sp³-hybridized carbons (Fsp3) is 0.875. The number of hydrogen-bond donors (Lipinski definition) is 1. The monoisotopic (exact) mass is 281 g/mol. The molecule has 0 aromatic heterocycles. The fourth-order valence-electron chi connectivity index (χ4n) is 3.97. The lowest BCUT2D eigenvalue weighted by Gasteiger charge is -2.38. The molecule has 4 atom stereocenters. The van der Waals surface area contributed by atoms with Gasteiger partial charge in [-0.3, -0.25) is 9.59 Å². The Labute approximate surface area is 121 Å². The molecule has 0 aromatic rings. The molecule has 4 heteroatoms. The molecule has 1 aliphatic carbocycles. The van der Waals surface area contributed by atoms with Gasteiger partial charge in [0, 0.05) is 12.6 Å². The minimum absolute atomic E-state index is 0.111. The molecule has 0 aromatic carbocycles. The number of likely N-dealkylation sites (tertiary alicyclic amines) is 1. The standard InChI is InChI=1S/C16H27NO3/c1-3-6-12-7-4-5-8-17(12)15(18)13-9-11(2)10-14(13)16(19)20/h11-14H,3-10H2,1-2H3,(H,19,20). The first kappa shape index (κ1) is 15.3. The van der Waals surface area contributed by atoms with E-state index >= 15 is 0 Å². The van der Waals surface area contributed by atoms with Crippen LogP contribution in [0.15, 0.2) is 0 Å². The Morgan fingerprint density at radius 1 is 1.20 bits per heavy atom. The summed E-state index contributed by atoms with van der Waals surface area (Å²) in [6.45, 7) is 5.03. The zero-order valence-corrected chi connectivity index (χ0v) is 12.7. The molecule has 1 aliphatic heterocycles. The zero-order chi connectivity index (χ0) is 14.7. The molecule has 114 valence electrons. The molecule has 1 heterocycles. The van der Waals surface area contributed by atoms with Crippen LogP contribution in [0, 0.1) is 17.8 Å². The van der Waals surface area contributed by atoms with Crippen molar-refractivity contribution in [3.05, 3.63) is 0 Å². The number of carbonyl (C=O) groups excluding carboxylic acids is 1. The molecule has 0 radical (unpaired) electrons. The van der Waals surface area contributed by atoms with E-state index in [1.807, 2.05) is 4.90 Å². The molecular weight excluding hydrogens is 254 g/mol. The first-order valence-electron chi connectivity index (χ1n) is 8.07. The molecule has 0 spiro atoms. The van der Waals surface area contributed by atoms with E-state index in [9.17, 15) is 14.7 Å². The second-order valence-electron chi connectivity index (χ2n) is 6.60. The van der Waals surface area contributed by atoms with Crippen LogP contribution in [0.3, 0.4) is 0 Å². The molecule has 0 bridgehead atoms. The Morgan fingerprint density at radius 2 is 1.90 bits per heavy atom. The van der Waals surface area contributed by atoms with Crippen LogP contribution in [0.25, 0.3) is 0 Å². The van der Waals surface area contributed by atoms with Crippen molar-refractivity contribution in [2.45, 2.75) is 64.8 Å². The van der Waals surface area contributed by atoms with Crippen LogP contribution >= 0.6 is 0 Å². The maximum atomic E-state index is 12.8. The average Bonchev–Trinajstić information content (AvgIpc) is 2.81. The normalized spacial score (nSPS) is 34.2. The molecule has 4 nitrogen and oxygen atoms in total. The summed E-state index contributed by atoms with van der Waals surface area (Å²) in [4.78, 5) is 26.2. The lowest BCUT2D eigenvalue weighted by molar-refractivity contribution is -0.150. The van der Waals surface area contributed by atoms with Crippen molar-refractivity contribution in [3.63, 3.8) is 0 Å². The van der Waals surface area contributed by atoms with Gasteiger partial charge in [0.05, 0.1) is 11.8 Å². The van der Waals surface area contributed by atoms with Crippen LogP contribution in [0.2, 0.25) is 0 Å². The van der Waals surface area contributed by atoms with E-state index in [4.69, 9.17) is 0 Å². The maximum Gasteiger partial charge on any atom is 0.307 e. The van der Waals surface area contributed by atoms with Gasteiger partial charge in [-0.25, -0.2) is 0 Å². The maximum absolute atomic E-state index is 12.8. The number of carboxylic acid groups (broad SMARTS) is 1. The van der Waals surface area contributed by atoms with E-state index in [2.05, 4.69) is 13.8 Å². The van der Waals surface area contributed by atoms with Crippen molar-refractivity contribution in [2.75, 3.05) is 6.54 Å². The third-order valence-electron chi connectivity index (χ3n) is 4.96. The Morgan fingerprint density at radius 3 is 2.55 bits per heavy atom. The van der Waals surface area contributed by atoms with Crippen molar-refractivity contribution in [3.8, 4) is 0 Å². The molecule has 1 saturated heterocycles. The number of rotatable bonds is 4. The van der Waals surface area contributed by atoms with Crippen LogP contribution in [0.5, 0.6) is 0 Å². The van der Waals surface area contributed by atoms with Crippen LogP contribution in [0.1, 0.15) is 58.8 Å². The van der Waals surface area contributed by atoms with Gasteiger partial charge in [0.2, 0.25) is 5.91 Å². The third kappa shape index (κ3) is 3.15. The predicted octanol–water partition coefficient (Wildman–Crippen LogP) is 2.91. The third-order valence-corrected chi connectivity index (χ3v) is 4.96. The van der Waals surface area contributed by atoms with E-state index in [-0.39, 0.29) is 11.8 Å². The minimum atomic E-state index is -0.795.